The molecule has 0 amide bonds. The van der Waals surface area contributed by atoms with Crippen LogP contribution in [0, 0.1) is 0 Å². The summed E-state index contributed by atoms with van der Waals surface area (Å²) >= 11 is 1.84. The van der Waals surface area contributed by atoms with Crippen LogP contribution in [0.1, 0.15) is 52.7 Å². The van der Waals surface area contributed by atoms with Crippen molar-refractivity contribution in [3.05, 3.63) is 145 Å². The third kappa shape index (κ3) is 5.49. The lowest BCUT2D eigenvalue weighted by atomic mass is 9.87. The average Bonchev–Trinajstić information content (AvgIpc) is 3.80. The number of rotatable bonds is 5. The molecule has 0 fully saturated rings. The van der Waals surface area contributed by atoms with Gasteiger partial charge in [0, 0.05) is 45.2 Å². The number of pyridine rings is 1. The molecule has 0 unspecified atom stereocenters. The number of hydrogen-bond acceptors (Lipinski definition) is 5. The molecule has 5 aromatic carbocycles. The van der Waals surface area contributed by atoms with Gasteiger partial charge in [-0.05, 0) is 82.6 Å². The maximum absolute atomic E-state index is 6.68. The van der Waals surface area contributed by atoms with Crippen molar-refractivity contribution in [2.45, 2.75) is 52.4 Å². The van der Waals surface area contributed by atoms with Crippen molar-refractivity contribution >= 4 is 65.3 Å². The van der Waals surface area contributed by atoms with Crippen molar-refractivity contribution in [2.75, 3.05) is 16.5 Å². The number of anilines is 4. The molecule has 0 saturated carbocycles. The Balaban J connectivity index is 1.07. The molecule has 0 radical (unpaired) electrons. The van der Waals surface area contributed by atoms with Crippen molar-refractivity contribution in [1.29, 1.82) is 0 Å². The van der Waals surface area contributed by atoms with E-state index in [9.17, 15) is 0 Å². The number of ether oxygens (including phenoxy) is 1. The van der Waals surface area contributed by atoms with Crippen LogP contribution in [-0.2, 0) is 10.8 Å². The Morgan fingerprint density at radius 1 is 0.596 bits per heavy atom. The number of thiophene rings is 1. The minimum Gasteiger partial charge on any atom is -0.457 e. The first kappa shape index (κ1) is 32.3. The highest BCUT2D eigenvalue weighted by Gasteiger charge is 2.28. The van der Waals surface area contributed by atoms with Crippen molar-refractivity contribution in [1.82, 2.24) is 9.55 Å². The molecule has 258 valence electrons. The van der Waals surface area contributed by atoms with Crippen LogP contribution < -0.4 is 14.5 Å². The molecular weight excluding hydrogens is 657 g/mol. The first-order chi connectivity index (χ1) is 25.0. The summed E-state index contributed by atoms with van der Waals surface area (Å²) in [6.45, 7) is 14.2. The van der Waals surface area contributed by atoms with Gasteiger partial charge in [-0.15, -0.1) is 11.3 Å². The predicted octanol–water partition coefficient (Wildman–Crippen LogP) is 13.0. The third-order valence-electron chi connectivity index (χ3n) is 10.2. The average molecular weight is 699 g/mol. The van der Waals surface area contributed by atoms with Crippen molar-refractivity contribution in [3.8, 4) is 17.3 Å². The molecule has 6 heteroatoms. The number of fused-ring (bicyclic) bond motifs is 6. The fourth-order valence-electron chi connectivity index (χ4n) is 7.36. The normalized spacial score (nSPS) is 13.4. The van der Waals surface area contributed by atoms with E-state index < -0.39 is 0 Å². The van der Waals surface area contributed by atoms with E-state index in [0.717, 1.165) is 28.5 Å². The second kappa shape index (κ2) is 12.0. The van der Waals surface area contributed by atoms with Gasteiger partial charge in [-0.25, -0.2) is 4.98 Å². The number of nitrogens with zero attached hydrogens (tertiary/aromatic N) is 4. The molecule has 1 aliphatic heterocycles. The summed E-state index contributed by atoms with van der Waals surface area (Å²) in [7, 11) is 0. The second-order valence-corrected chi connectivity index (χ2v) is 16.9. The first-order valence-electron chi connectivity index (χ1n) is 18.0. The van der Waals surface area contributed by atoms with Gasteiger partial charge in [-0.2, -0.15) is 0 Å². The SMILES string of the molecule is CC(C)(C)c1ccc(N2CN(c3cccc(Oc4ccc5c6sc7ccccc7c6n(-c6ccc(C(C)(C)C)cn6)c5c4)c3)c3ccccc32)cc1. The van der Waals surface area contributed by atoms with Crippen LogP contribution in [-0.4, -0.2) is 16.2 Å². The van der Waals surface area contributed by atoms with Crippen LogP contribution in [0.4, 0.5) is 22.7 Å². The molecule has 5 nitrogen and oxygen atoms in total. The van der Waals surface area contributed by atoms with Gasteiger partial charge >= 0.3 is 0 Å². The Kier molecular flexibility index (Phi) is 7.46. The van der Waals surface area contributed by atoms with E-state index in [1.165, 1.54) is 53.9 Å². The van der Waals surface area contributed by atoms with E-state index in [1.807, 2.05) is 23.6 Å². The Morgan fingerprint density at radius 3 is 1.98 bits per heavy atom. The largest absolute Gasteiger partial charge is 0.457 e. The molecular formula is C46H42N4OS. The Morgan fingerprint density at radius 2 is 1.27 bits per heavy atom. The highest BCUT2D eigenvalue weighted by molar-refractivity contribution is 7.26. The second-order valence-electron chi connectivity index (χ2n) is 15.8. The summed E-state index contributed by atoms with van der Waals surface area (Å²) < 4.78 is 11.5. The summed E-state index contributed by atoms with van der Waals surface area (Å²) in [5.74, 6) is 2.48. The smallest absolute Gasteiger partial charge is 0.137 e. The lowest BCUT2D eigenvalue weighted by Gasteiger charge is -2.24. The molecule has 0 atom stereocenters. The summed E-state index contributed by atoms with van der Waals surface area (Å²) in [5.41, 5.74) is 9.59. The topological polar surface area (TPSA) is 33.5 Å². The molecule has 9 rings (SSSR count). The fourth-order valence-corrected chi connectivity index (χ4v) is 8.58. The molecule has 8 aromatic rings. The molecule has 52 heavy (non-hydrogen) atoms. The zero-order valence-corrected chi connectivity index (χ0v) is 31.3. The van der Waals surface area contributed by atoms with Gasteiger partial charge in [0.1, 0.15) is 24.0 Å². The third-order valence-corrected chi connectivity index (χ3v) is 11.4. The van der Waals surface area contributed by atoms with Crippen LogP contribution in [0.15, 0.2) is 134 Å². The predicted molar refractivity (Wildman–Crippen MR) is 220 cm³/mol. The van der Waals surface area contributed by atoms with Gasteiger partial charge in [0.2, 0.25) is 0 Å². The molecule has 0 spiro atoms. The van der Waals surface area contributed by atoms with E-state index in [-0.39, 0.29) is 10.8 Å². The van der Waals surface area contributed by atoms with Crippen LogP contribution in [0.5, 0.6) is 11.5 Å². The van der Waals surface area contributed by atoms with Gasteiger partial charge in [0.15, 0.2) is 0 Å². The summed E-state index contributed by atoms with van der Waals surface area (Å²) in [5, 5.41) is 2.43. The molecule has 0 bridgehead atoms. The van der Waals surface area contributed by atoms with E-state index in [2.05, 4.69) is 177 Å². The maximum Gasteiger partial charge on any atom is 0.137 e. The molecule has 0 N–H and O–H groups in total. The zero-order valence-electron chi connectivity index (χ0n) is 30.5. The van der Waals surface area contributed by atoms with Crippen molar-refractivity contribution < 1.29 is 4.74 Å². The number of aromatic nitrogens is 2. The monoisotopic (exact) mass is 698 g/mol. The van der Waals surface area contributed by atoms with Gasteiger partial charge in [-0.3, -0.25) is 4.57 Å². The van der Waals surface area contributed by atoms with Crippen molar-refractivity contribution in [3.63, 3.8) is 0 Å². The lowest BCUT2D eigenvalue weighted by Crippen LogP contribution is -2.24. The number of para-hydroxylation sites is 2. The standard InChI is InChI=1S/C46H42N4OS/c1-45(2,3)30-18-21-32(22-19-30)48-29-49(39-16-9-8-15-38(39)48)33-12-11-13-34(26-33)51-35-23-24-36-40(27-35)50(42-25-20-31(28-47-42)46(4,5)6)43-37-14-7-10-17-41(37)52-44(36)43/h7-28H,29H2,1-6H3. The Labute approximate surface area is 309 Å². The van der Waals surface area contributed by atoms with Gasteiger partial charge < -0.3 is 14.5 Å². The molecule has 4 heterocycles. The maximum atomic E-state index is 6.68. The highest BCUT2D eigenvalue weighted by atomic mass is 32.1. The van der Waals surface area contributed by atoms with Crippen LogP contribution in [0.3, 0.4) is 0 Å². The lowest BCUT2D eigenvalue weighted by molar-refractivity contribution is 0.483. The first-order valence-corrected chi connectivity index (χ1v) is 18.8. The molecule has 0 aliphatic carbocycles. The fraction of sp³-hybridized carbons (Fsp3) is 0.196. The number of hydrogen-bond donors (Lipinski definition) is 0. The Bertz CT molecular complexity index is 2600. The minimum atomic E-state index is 0.0252. The summed E-state index contributed by atoms with van der Waals surface area (Å²) in [4.78, 5) is 9.77. The van der Waals surface area contributed by atoms with Gasteiger partial charge in [0.05, 0.1) is 27.1 Å². The Hall–Kier alpha value is -5.59. The highest BCUT2D eigenvalue weighted by Crippen LogP contribution is 2.46. The van der Waals surface area contributed by atoms with Crippen LogP contribution in [0.25, 0.3) is 37.0 Å². The summed E-state index contributed by atoms with van der Waals surface area (Å²) in [6.07, 6.45) is 2.02. The molecule has 0 saturated heterocycles. The quantitative estimate of drug-likeness (QED) is 0.179. The molecule has 3 aromatic heterocycles. The number of benzene rings is 5. The van der Waals surface area contributed by atoms with Crippen LogP contribution in [0.2, 0.25) is 0 Å². The van der Waals surface area contributed by atoms with E-state index in [1.54, 1.807) is 0 Å². The van der Waals surface area contributed by atoms with Gasteiger partial charge in [0.25, 0.3) is 0 Å². The van der Waals surface area contributed by atoms with Crippen LogP contribution >= 0.6 is 11.3 Å². The van der Waals surface area contributed by atoms with Gasteiger partial charge in [-0.1, -0.05) is 96.1 Å². The van der Waals surface area contributed by atoms with E-state index in [0.29, 0.717) is 6.67 Å². The van der Waals surface area contributed by atoms with Crippen molar-refractivity contribution in [2.24, 2.45) is 0 Å². The van der Waals surface area contributed by atoms with E-state index in [4.69, 9.17) is 9.72 Å². The minimum absolute atomic E-state index is 0.0252. The van der Waals surface area contributed by atoms with E-state index >= 15 is 0 Å². The summed E-state index contributed by atoms with van der Waals surface area (Å²) in [6, 6.07) is 45.5. The zero-order chi connectivity index (χ0) is 35.8. The molecule has 1 aliphatic rings.